The summed E-state index contributed by atoms with van der Waals surface area (Å²) in [5.41, 5.74) is 5.64. The Hall–Kier alpha value is -4.95. The molecule has 0 saturated carbocycles. The highest BCUT2D eigenvalue weighted by Gasteiger charge is 2.23. The number of anilines is 1. The summed E-state index contributed by atoms with van der Waals surface area (Å²) in [5, 5.41) is 3.34. The van der Waals surface area contributed by atoms with Crippen molar-refractivity contribution >= 4 is 40.2 Å². The van der Waals surface area contributed by atoms with Crippen LogP contribution < -0.4 is 14.8 Å². The highest BCUT2D eigenvalue weighted by Crippen LogP contribution is 2.33. The van der Waals surface area contributed by atoms with Crippen molar-refractivity contribution in [3.05, 3.63) is 101 Å². The molecule has 1 unspecified atom stereocenters. The molecule has 0 aliphatic carbocycles. The molecule has 5 aromatic rings. The molecule has 9 heteroatoms. The minimum absolute atomic E-state index is 0.255. The zero-order valence-electron chi connectivity index (χ0n) is 24.2. The Bertz CT molecular complexity index is 1790. The number of carbonyl (C=O) groups excluding carboxylic acids is 2. The van der Waals surface area contributed by atoms with Gasteiger partial charge in [-0.25, -0.2) is 14.8 Å². The van der Waals surface area contributed by atoms with Gasteiger partial charge in [0.1, 0.15) is 11.5 Å². The van der Waals surface area contributed by atoms with Gasteiger partial charge in [0.15, 0.2) is 6.10 Å². The summed E-state index contributed by atoms with van der Waals surface area (Å²) >= 11 is 6.19. The van der Waals surface area contributed by atoms with Crippen LogP contribution in [0.2, 0.25) is 5.02 Å². The van der Waals surface area contributed by atoms with Gasteiger partial charge >= 0.3 is 5.97 Å². The normalized spacial score (nSPS) is 11.6. The first-order chi connectivity index (χ1) is 20.8. The van der Waals surface area contributed by atoms with Crippen molar-refractivity contribution in [3.8, 4) is 34.0 Å². The molecule has 1 N–H and O–H groups in total. The number of fused-ring (bicyclic) bond motifs is 1. The number of aromatic nitrogens is 2. The van der Waals surface area contributed by atoms with Crippen LogP contribution in [0.5, 0.6) is 11.5 Å². The molecule has 0 spiro atoms. The molecule has 0 fully saturated rings. The molecular weight excluding hydrogens is 566 g/mol. The van der Waals surface area contributed by atoms with Crippen LogP contribution in [0.3, 0.4) is 0 Å². The van der Waals surface area contributed by atoms with Crippen LogP contribution in [-0.2, 0) is 9.53 Å². The molecule has 218 valence electrons. The van der Waals surface area contributed by atoms with Crippen molar-refractivity contribution in [1.29, 1.82) is 0 Å². The summed E-state index contributed by atoms with van der Waals surface area (Å²) in [6.45, 7) is 3.58. The number of methoxy groups -OCH3 is 2. The molecule has 43 heavy (non-hydrogen) atoms. The van der Waals surface area contributed by atoms with Gasteiger partial charge in [0.25, 0.3) is 5.91 Å². The minimum Gasteiger partial charge on any atom is -0.497 e. The Balaban J connectivity index is 1.47. The second kappa shape index (κ2) is 12.9. The van der Waals surface area contributed by atoms with Crippen molar-refractivity contribution in [1.82, 2.24) is 9.97 Å². The zero-order valence-corrected chi connectivity index (χ0v) is 24.9. The summed E-state index contributed by atoms with van der Waals surface area (Å²) in [4.78, 5) is 36.1. The molecule has 1 amide bonds. The fourth-order valence-electron chi connectivity index (χ4n) is 4.56. The first-order valence-electron chi connectivity index (χ1n) is 13.7. The van der Waals surface area contributed by atoms with Gasteiger partial charge in [-0.1, -0.05) is 24.6 Å². The maximum Gasteiger partial charge on any atom is 0.338 e. The Morgan fingerprint density at radius 2 is 1.40 bits per heavy atom. The van der Waals surface area contributed by atoms with Crippen molar-refractivity contribution in [2.24, 2.45) is 0 Å². The number of carbonyl (C=O) groups is 2. The van der Waals surface area contributed by atoms with E-state index in [1.807, 2.05) is 48.5 Å². The maximum absolute atomic E-state index is 13.2. The molecular formula is C34H30ClN3O5. The van der Waals surface area contributed by atoms with Crippen LogP contribution in [-0.4, -0.2) is 42.2 Å². The lowest BCUT2D eigenvalue weighted by Gasteiger charge is -2.17. The number of hydrogen-bond donors (Lipinski definition) is 1. The van der Waals surface area contributed by atoms with Crippen LogP contribution in [0.4, 0.5) is 5.69 Å². The van der Waals surface area contributed by atoms with Crippen molar-refractivity contribution in [3.63, 3.8) is 0 Å². The van der Waals surface area contributed by atoms with Gasteiger partial charge in [0.2, 0.25) is 0 Å². The number of esters is 1. The molecule has 0 aliphatic heterocycles. The highest BCUT2D eigenvalue weighted by atomic mass is 35.5. The zero-order chi connectivity index (χ0) is 30.5. The number of halogens is 1. The van der Waals surface area contributed by atoms with E-state index in [1.54, 1.807) is 64.5 Å². The summed E-state index contributed by atoms with van der Waals surface area (Å²) < 4.78 is 16.3. The molecule has 5 rings (SSSR count). The van der Waals surface area contributed by atoms with Crippen molar-refractivity contribution in [2.75, 3.05) is 19.5 Å². The Labute approximate surface area is 254 Å². The van der Waals surface area contributed by atoms with Crippen LogP contribution in [0.15, 0.2) is 84.9 Å². The Kier molecular flexibility index (Phi) is 8.87. The van der Waals surface area contributed by atoms with E-state index in [0.29, 0.717) is 38.9 Å². The maximum atomic E-state index is 13.2. The van der Waals surface area contributed by atoms with E-state index < -0.39 is 18.0 Å². The second-order valence-corrected chi connectivity index (χ2v) is 10.2. The number of amides is 1. The van der Waals surface area contributed by atoms with Gasteiger partial charge in [-0.15, -0.1) is 0 Å². The van der Waals surface area contributed by atoms with E-state index in [0.717, 1.165) is 22.4 Å². The summed E-state index contributed by atoms with van der Waals surface area (Å²) in [6, 6.07) is 25.3. The molecule has 8 nitrogen and oxygen atoms in total. The molecule has 1 atom stereocenters. The highest BCUT2D eigenvalue weighted by molar-refractivity contribution is 6.31. The van der Waals surface area contributed by atoms with E-state index in [2.05, 4.69) is 5.32 Å². The van der Waals surface area contributed by atoms with Gasteiger partial charge in [0, 0.05) is 21.8 Å². The van der Waals surface area contributed by atoms with Crippen LogP contribution in [0.1, 0.15) is 29.3 Å². The lowest BCUT2D eigenvalue weighted by molar-refractivity contribution is -0.124. The molecule has 0 bridgehead atoms. The lowest BCUT2D eigenvalue weighted by atomic mass is 10.0. The average Bonchev–Trinajstić information content (AvgIpc) is 3.04. The van der Waals surface area contributed by atoms with Gasteiger partial charge in [-0.3, -0.25) is 4.79 Å². The summed E-state index contributed by atoms with van der Waals surface area (Å²) in [5.74, 6) is 0.369. The van der Waals surface area contributed by atoms with E-state index in [-0.39, 0.29) is 12.0 Å². The van der Waals surface area contributed by atoms with Gasteiger partial charge in [-0.05, 0) is 97.8 Å². The van der Waals surface area contributed by atoms with Gasteiger partial charge in [0.05, 0.1) is 42.2 Å². The van der Waals surface area contributed by atoms with E-state index in [9.17, 15) is 9.59 Å². The fourth-order valence-corrected chi connectivity index (χ4v) is 4.73. The number of rotatable bonds is 9. The van der Waals surface area contributed by atoms with Crippen LogP contribution in [0.25, 0.3) is 33.5 Å². The third kappa shape index (κ3) is 6.44. The number of nitrogens with one attached hydrogen (secondary N) is 1. The fraction of sp³-hybridized carbons (Fsp3) is 0.176. The SMILES string of the molecule is CCC(OC(=O)c1ccc2nc(-c3ccc(OC)cc3)c(-c3ccc(OC)cc3)nc2c1)C(=O)Nc1cccc(Cl)c1C. The number of hydrogen-bond acceptors (Lipinski definition) is 7. The van der Waals surface area contributed by atoms with Gasteiger partial charge < -0.3 is 19.5 Å². The van der Waals surface area contributed by atoms with E-state index >= 15 is 0 Å². The predicted molar refractivity (Wildman–Crippen MR) is 168 cm³/mol. The van der Waals surface area contributed by atoms with E-state index in [4.69, 9.17) is 35.8 Å². The first-order valence-corrected chi connectivity index (χ1v) is 14.1. The van der Waals surface area contributed by atoms with Crippen molar-refractivity contribution in [2.45, 2.75) is 26.4 Å². The smallest absolute Gasteiger partial charge is 0.338 e. The van der Waals surface area contributed by atoms with Crippen LogP contribution in [0, 0.1) is 6.92 Å². The average molecular weight is 596 g/mol. The molecule has 0 aliphatic rings. The summed E-state index contributed by atoms with van der Waals surface area (Å²) in [7, 11) is 3.23. The third-order valence-corrected chi connectivity index (χ3v) is 7.47. The number of ether oxygens (including phenoxy) is 3. The number of benzene rings is 4. The monoisotopic (exact) mass is 595 g/mol. The Morgan fingerprint density at radius 3 is 1.95 bits per heavy atom. The standard InChI is InChI=1S/C34H30ClN3O5/c1-5-30(33(39)38-27-8-6-7-26(35)20(27)2)43-34(40)23-13-18-28-29(19-23)37-32(22-11-16-25(42-4)17-12-22)31(36-28)21-9-14-24(41-3)15-10-21/h6-19,30H,5H2,1-4H3,(H,38,39). The van der Waals surface area contributed by atoms with Crippen LogP contribution >= 0.6 is 11.6 Å². The lowest BCUT2D eigenvalue weighted by Crippen LogP contribution is -2.32. The Morgan fingerprint density at radius 1 is 0.814 bits per heavy atom. The van der Waals surface area contributed by atoms with Crippen molar-refractivity contribution < 1.29 is 23.8 Å². The third-order valence-electron chi connectivity index (χ3n) is 7.06. The topological polar surface area (TPSA) is 99.6 Å². The quantitative estimate of drug-likeness (QED) is 0.176. The summed E-state index contributed by atoms with van der Waals surface area (Å²) in [6.07, 6.45) is -0.711. The molecule has 1 aromatic heterocycles. The van der Waals surface area contributed by atoms with E-state index in [1.165, 1.54) is 0 Å². The number of nitrogens with zero attached hydrogens (tertiary/aromatic N) is 2. The van der Waals surface area contributed by atoms with Gasteiger partial charge in [-0.2, -0.15) is 0 Å². The largest absolute Gasteiger partial charge is 0.497 e. The predicted octanol–water partition coefficient (Wildman–Crippen LogP) is 7.52. The molecule has 1 heterocycles. The molecule has 0 saturated heterocycles. The second-order valence-electron chi connectivity index (χ2n) is 9.79. The molecule has 4 aromatic carbocycles. The minimum atomic E-state index is -1.00. The first kappa shape index (κ1) is 29.5. The molecule has 0 radical (unpaired) electrons.